The van der Waals surface area contributed by atoms with E-state index in [1.807, 2.05) is 49.4 Å². The molecule has 0 atom stereocenters. The summed E-state index contributed by atoms with van der Waals surface area (Å²) in [4.78, 5) is 12.1. The number of benzene rings is 4. The molecule has 0 aliphatic heterocycles. The molecule has 0 aliphatic rings. The minimum Gasteiger partial charge on any atom is -0.493 e. The number of halogens is 1. The van der Waals surface area contributed by atoms with Crippen molar-refractivity contribution >= 4 is 5.97 Å². The zero-order chi connectivity index (χ0) is 36.1. The highest BCUT2D eigenvalue weighted by atomic mass is 19.1. The van der Waals surface area contributed by atoms with Gasteiger partial charge in [-0.3, -0.25) is 0 Å². The van der Waals surface area contributed by atoms with Crippen molar-refractivity contribution in [2.45, 2.75) is 79.1 Å². The SMILES string of the molecule is C=C(C)C(=O)OCCc1cc(-c2ccc(-c3ccc(-c4ccc(CCCCC)cc4)cc3F)cc2CC)ccc1OCCC(CC)(CO)CO. The topological polar surface area (TPSA) is 76.0 Å². The maximum atomic E-state index is 15.6. The first-order valence-corrected chi connectivity index (χ1v) is 18.0. The van der Waals surface area contributed by atoms with Crippen molar-refractivity contribution in [3.8, 4) is 39.1 Å². The minimum absolute atomic E-state index is 0.122. The summed E-state index contributed by atoms with van der Waals surface area (Å²) in [6.45, 7) is 11.7. The van der Waals surface area contributed by atoms with Crippen LogP contribution < -0.4 is 4.74 Å². The van der Waals surface area contributed by atoms with Crippen molar-refractivity contribution < 1.29 is 28.9 Å². The molecular formula is C44H53FO5. The number of aliphatic hydroxyl groups excluding tert-OH is 2. The predicted octanol–water partition coefficient (Wildman–Crippen LogP) is 9.93. The summed E-state index contributed by atoms with van der Waals surface area (Å²) in [6.07, 6.45) is 6.98. The molecule has 5 nitrogen and oxygen atoms in total. The van der Waals surface area contributed by atoms with E-state index in [1.54, 1.807) is 13.0 Å². The second-order valence-electron chi connectivity index (χ2n) is 13.3. The van der Waals surface area contributed by atoms with Gasteiger partial charge in [0, 0.05) is 23.0 Å². The second-order valence-corrected chi connectivity index (χ2v) is 13.3. The van der Waals surface area contributed by atoms with Gasteiger partial charge in [0.15, 0.2) is 0 Å². The van der Waals surface area contributed by atoms with E-state index in [2.05, 4.69) is 50.8 Å². The van der Waals surface area contributed by atoms with E-state index in [0.717, 1.165) is 51.8 Å². The third-order valence-corrected chi connectivity index (χ3v) is 9.76. The van der Waals surface area contributed by atoms with Gasteiger partial charge in [-0.05, 0) is 102 Å². The molecule has 6 heteroatoms. The first kappa shape index (κ1) is 38.5. The highest BCUT2D eigenvalue weighted by Gasteiger charge is 2.26. The number of aliphatic hydroxyl groups is 2. The summed E-state index contributed by atoms with van der Waals surface area (Å²) in [6, 6.07) is 26.0. The van der Waals surface area contributed by atoms with Gasteiger partial charge in [-0.15, -0.1) is 0 Å². The van der Waals surface area contributed by atoms with Crippen molar-refractivity contribution in [3.63, 3.8) is 0 Å². The van der Waals surface area contributed by atoms with Crippen LogP contribution >= 0.6 is 0 Å². The number of hydrogen-bond donors (Lipinski definition) is 2. The van der Waals surface area contributed by atoms with Gasteiger partial charge < -0.3 is 19.7 Å². The zero-order valence-electron chi connectivity index (χ0n) is 30.2. The van der Waals surface area contributed by atoms with E-state index in [1.165, 1.54) is 24.8 Å². The molecule has 0 saturated carbocycles. The van der Waals surface area contributed by atoms with Gasteiger partial charge in [0.1, 0.15) is 11.6 Å². The van der Waals surface area contributed by atoms with E-state index >= 15 is 4.39 Å². The molecule has 0 aliphatic carbocycles. The van der Waals surface area contributed by atoms with E-state index in [4.69, 9.17) is 9.47 Å². The molecular weight excluding hydrogens is 627 g/mol. The van der Waals surface area contributed by atoms with Crippen LogP contribution in [0.4, 0.5) is 4.39 Å². The molecule has 0 aromatic heterocycles. The maximum absolute atomic E-state index is 15.6. The maximum Gasteiger partial charge on any atom is 0.333 e. The molecule has 2 N–H and O–H groups in total. The lowest BCUT2D eigenvalue weighted by molar-refractivity contribution is -0.138. The predicted molar refractivity (Wildman–Crippen MR) is 202 cm³/mol. The molecule has 0 unspecified atom stereocenters. The van der Waals surface area contributed by atoms with Crippen molar-refractivity contribution in [2.75, 3.05) is 26.4 Å². The van der Waals surface area contributed by atoms with Crippen LogP contribution in [-0.2, 0) is 28.8 Å². The van der Waals surface area contributed by atoms with Crippen molar-refractivity contribution in [2.24, 2.45) is 5.41 Å². The van der Waals surface area contributed by atoms with Crippen LogP contribution in [0.25, 0.3) is 33.4 Å². The second kappa shape index (κ2) is 18.7. The monoisotopic (exact) mass is 680 g/mol. The molecule has 0 bridgehead atoms. The van der Waals surface area contributed by atoms with E-state index in [0.29, 0.717) is 42.8 Å². The Hall–Kier alpha value is -4.26. The van der Waals surface area contributed by atoms with Gasteiger partial charge >= 0.3 is 5.97 Å². The van der Waals surface area contributed by atoms with Gasteiger partial charge in [0.05, 0.1) is 26.4 Å². The van der Waals surface area contributed by atoms with Gasteiger partial charge in [-0.1, -0.05) is 101 Å². The van der Waals surface area contributed by atoms with Crippen LogP contribution in [0.5, 0.6) is 5.75 Å². The van der Waals surface area contributed by atoms with Gasteiger partial charge in [-0.2, -0.15) is 0 Å². The van der Waals surface area contributed by atoms with E-state index < -0.39 is 11.4 Å². The van der Waals surface area contributed by atoms with Crippen LogP contribution in [-0.4, -0.2) is 42.6 Å². The Kier molecular flexibility index (Phi) is 14.4. The summed E-state index contributed by atoms with van der Waals surface area (Å²) < 4.78 is 27.2. The number of carbonyl (C=O) groups excluding carboxylic acids is 1. The molecule has 0 radical (unpaired) electrons. The summed E-state index contributed by atoms with van der Waals surface area (Å²) in [5, 5.41) is 19.7. The molecule has 4 aromatic rings. The Balaban J connectivity index is 1.58. The zero-order valence-corrected chi connectivity index (χ0v) is 30.2. The van der Waals surface area contributed by atoms with Gasteiger partial charge in [0.25, 0.3) is 0 Å². The molecule has 4 aromatic carbocycles. The lowest BCUT2D eigenvalue weighted by Crippen LogP contribution is -2.31. The number of esters is 1. The van der Waals surface area contributed by atoms with Crippen LogP contribution in [0.2, 0.25) is 0 Å². The lowest BCUT2D eigenvalue weighted by atomic mass is 9.84. The Morgan fingerprint density at radius 1 is 0.760 bits per heavy atom. The average molecular weight is 681 g/mol. The summed E-state index contributed by atoms with van der Waals surface area (Å²) in [5.74, 6) is -0.0436. The summed E-state index contributed by atoms with van der Waals surface area (Å²) in [7, 11) is 0. The smallest absolute Gasteiger partial charge is 0.333 e. The van der Waals surface area contributed by atoms with E-state index in [-0.39, 0.29) is 25.6 Å². The standard InChI is InChI=1S/C44H53FO5/c1-6-9-10-11-32-12-14-34(15-13-32)35-16-20-40(41(45)28-35)37-17-19-39(33(7-2)26-37)36-18-21-42(49-25-23-44(8-3,29-46)30-47)38(27-36)22-24-50-43(48)31(4)5/h12-21,26-28,46-47H,4,6-11,22-25,29-30H2,1-3,5H3. The largest absolute Gasteiger partial charge is 0.493 e. The Bertz CT molecular complexity index is 1710. The third kappa shape index (κ3) is 9.92. The first-order chi connectivity index (χ1) is 24.2. The summed E-state index contributed by atoms with van der Waals surface area (Å²) >= 11 is 0. The van der Waals surface area contributed by atoms with Crippen LogP contribution in [0, 0.1) is 11.2 Å². The van der Waals surface area contributed by atoms with Crippen LogP contribution in [0.1, 0.15) is 76.5 Å². The normalized spacial score (nSPS) is 11.4. The molecule has 0 fully saturated rings. The van der Waals surface area contributed by atoms with Gasteiger partial charge in [0.2, 0.25) is 0 Å². The number of rotatable bonds is 19. The fourth-order valence-corrected chi connectivity index (χ4v) is 6.15. The molecule has 50 heavy (non-hydrogen) atoms. The molecule has 0 heterocycles. The highest BCUT2D eigenvalue weighted by Crippen LogP contribution is 2.35. The quantitative estimate of drug-likeness (QED) is 0.0586. The number of carbonyl (C=O) groups is 1. The Morgan fingerprint density at radius 3 is 2.04 bits per heavy atom. The number of aryl methyl sites for hydroxylation is 2. The molecule has 0 saturated heterocycles. The average Bonchev–Trinajstić information content (AvgIpc) is 3.14. The van der Waals surface area contributed by atoms with Crippen LogP contribution in [0.3, 0.4) is 0 Å². The summed E-state index contributed by atoms with van der Waals surface area (Å²) in [5.41, 5.74) is 8.24. The number of ether oxygens (including phenoxy) is 2. The number of hydrogen-bond acceptors (Lipinski definition) is 5. The third-order valence-electron chi connectivity index (χ3n) is 9.76. The van der Waals surface area contributed by atoms with Crippen molar-refractivity contribution in [1.29, 1.82) is 0 Å². The van der Waals surface area contributed by atoms with Crippen molar-refractivity contribution in [3.05, 3.63) is 114 Å². The highest BCUT2D eigenvalue weighted by molar-refractivity contribution is 5.87. The fraction of sp³-hybridized carbons (Fsp3) is 0.386. The minimum atomic E-state index is -0.603. The van der Waals surface area contributed by atoms with Gasteiger partial charge in [-0.25, -0.2) is 9.18 Å². The van der Waals surface area contributed by atoms with E-state index in [9.17, 15) is 15.0 Å². The fourth-order valence-electron chi connectivity index (χ4n) is 6.15. The number of unbranched alkanes of at least 4 members (excludes halogenated alkanes) is 2. The molecule has 0 amide bonds. The Morgan fingerprint density at radius 2 is 1.40 bits per heavy atom. The lowest BCUT2D eigenvalue weighted by Gasteiger charge is -2.28. The Labute approximate surface area is 297 Å². The molecule has 4 rings (SSSR count). The molecule has 0 spiro atoms. The van der Waals surface area contributed by atoms with Crippen LogP contribution in [0.15, 0.2) is 91.0 Å². The molecule has 266 valence electrons. The van der Waals surface area contributed by atoms with Crippen molar-refractivity contribution in [1.82, 2.24) is 0 Å². The first-order valence-electron chi connectivity index (χ1n) is 18.0.